The monoisotopic (exact) mass is 485 g/mol. The van der Waals surface area contributed by atoms with Crippen molar-refractivity contribution in [3.05, 3.63) is 23.9 Å². The summed E-state index contributed by atoms with van der Waals surface area (Å²) >= 11 is 0. The predicted octanol–water partition coefficient (Wildman–Crippen LogP) is 2.10. The third-order valence-electron chi connectivity index (χ3n) is 7.22. The molecule has 0 aliphatic carbocycles. The molecule has 4 N–H and O–H groups in total. The number of nitrogens with one attached hydrogen (secondary N) is 2. The van der Waals surface area contributed by atoms with Crippen molar-refractivity contribution in [2.45, 2.75) is 44.6 Å². The highest BCUT2D eigenvalue weighted by molar-refractivity contribution is 6.11. The molecule has 0 unspecified atom stereocenters. The zero-order valence-corrected chi connectivity index (χ0v) is 20.5. The molecule has 35 heavy (non-hydrogen) atoms. The molecule has 0 radical (unpaired) electrons. The molecule has 2 amide bonds. The number of esters is 1. The molecular weight excluding hydrogens is 450 g/mol. The topological polar surface area (TPSA) is 130 Å². The second kappa shape index (κ2) is 10.7. The van der Waals surface area contributed by atoms with Gasteiger partial charge in [0.25, 0.3) is 0 Å². The van der Waals surface area contributed by atoms with Crippen molar-refractivity contribution in [1.29, 1.82) is 0 Å². The number of hydrogen-bond donors (Lipinski definition) is 3. The second-order valence-corrected chi connectivity index (χ2v) is 9.27. The summed E-state index contributed by atoms with van der Waals surface area (Å²) in [6.07, 6.45) is 4.56. The maximum Gasteiger partial charge on any atom is 0.356 e. The van der Waals surface area contributed by atoms with E-state index in [0.29, 0.717) is 48.3 Å². The number of ether oxygens (including phenoxy) is 2. The molecule has 0 saturated carbocycles. The number of aromatic amines is 1. The van der Waals surface area contributed by atoms with E-state index < -0.39 is 11.5 Å². The molecule has 2 fully saturated rings. The fourth-order valence-electron chi connectivity index (χ4n) is 5.29. The van der Waals surface area contributed by atoms with Crippen LogP contribution in [0.2, 0.25) is 0 Å². The minimum Gasteiger partial charge on any atom is -0.497 e. The molecule has 2 aliphatic heterocycles. The quantitative estimate of drug-likeness (QED) is 0.488. The van der Waals surface area contributed by atoms with E-state index in [4.69, 9.17) is 15.2 Å². The third-order valence-corrected chi connectivity index (χ3v) is 7.22. The SMILES string of the molecule is CCOC(=O)c1[nH]c2ccc(OC)cc2c1NC(=O)CN1CCC(C(N)=O)(N2CCCCC2)CC1. The molecule has 1 aromatic heterocycles. The van der Waals surface area contributed by atoms with Crippen molar-refractivity contribution in [3.8, 4) is 5.75 Å². The van der Waals surface area contributed by atoms with Gasteiger partial charge in [0.15, 0.2) is 0 Å². The van der Waals surface area contributed by atoms with Crippen molar-refractivity contribution >= 4 is 34.4 Å². The van der Waals surface area contributed by atoms with E-state index in [9.17, 15) is 14.4 Å². The molecule has 3 heterocycles. The maximum atomic E-state index is 13.1. The zero-order chi connectivity index (χ0) is 25.0. The number of amides is 2. The number of rotatable bonds is 8. The van der Waals surface area contributed by atoms with Gasteiger partial charge < -0.3 is 25.5 Å². The summed E-state index contributed by atoms with van der Waals surface area (Å²) in [6.45, 7) is 5.08. The lowest BCUT2D eigenvalue weighted by Crippen LogP contribution is -2.63. The van der Waals surface area contributed by atoms with Gasteiger partial charge in [-0.2, -0.15) is 0 Å². The van der Waals surface area contributed by atoms with Gasteiger partial charge in [-0.3, -0.25) is 19.4 Å². The van der Waals surface area contributed by atoms with E-state index in [1.54, 1.807) is 32.2 Å². The number of fused-ring (bicyclic) bond motifs is 1. The van der Waals surface area contributed by atoms with Gasteiger partial charge in [-0.1, -0.05) is 6.42 Å². The van der Waals surface area contributed by atoms with E-state index in [1.165, 1.54) is 6.42 Å². The first-order valence-electron chi connectivity index (χ1n) is 12.3. The summed E-state index contributed by atoms with van der Waals surface area (Å²) < 4.78 is 10.5. The number of carbonyl (C=O) groups is 3. The summed E-state index contributed by atoms with van der Waals surface area (Å²) in [6, 6.07) is 5.34. The number of anilines is 1. The van der Waals surface area contributed by atoms with Crippen LogP contribution in [0.25, 0.3) is 10.9 Å². The van der Waals surface area contributed by atoms with Crippen LogP contribution < -0.4 is 15.8 Å². The lowest BCUT2D eigenvalue weighted by atomic mass is 9.83. The highest BCUT2D eigenvalue weighted by Gasteiger charge is 2.45. The second-order valence-electron chi connectivity index (χ2n) is 9.27. The van der Waals surface area contributed by atoms with E-state index in [2.05, 4.69) is 15.2 Å². The van der Waals surface area contributed by atoms with E-state index >= 15 is 0 Å². The largest absolute Gasteiger partial charge is 0.497 e. The molecule has 4 rings (SSSR count). The van der Waals surface area contributed by atoms with Crippen molar-refractivity contribution in [3.63, 3.8) is 0 Å². The van der Waals surface area contributed by atoms with Gasteiger partial charge in [0, 0.05) is 24.0 Å². The molecule has 10 heteroatoms. The van der Waals surface area contributed by atoms with Crippen LogP contribution in [0.4, 0.5) is 5.69 Å². The predicted molar refractivity (Wildman–Crippen MR) is 132 cm³/mol. The minimum atomic E-state index is -0.627. The number of nitrogens with two attached hydrogens (primary N) is 1. The number of benzene rings is 1. The van der Waals surface area contributed by atoms with Crippen molar-refractivity contribution in [2.24, 2.45) is 5.73 Å². The number of nitrogens with zero attached hydrogens (tertiary/aromatic N) is 2. The molecule has 0 spiro atoms. The lowest BCUT2D eigenvalue weighted by Gasteiger charge is -2.48. The molecule has 2 saturated heterocycles. The number of methoxy groups -OCH3 is 1. The van der Waals surface area contributed by atoms with Gasteiger partial charge >= 0.3 is 5.97 Å². The summed E-state index contributed by atoms with van der Waals surface area (Å²) in [5.41, 5.74) is 6.51. The molecule has 2 aromatic rings. The van der Waals surface area contributed by atoms with Crippen LogP contribution >= 0.6 is 0 Å². The molecular formula is C25H35N5O5. The Kier molecular flexibility index (Phi) is 7.61. The average molecular weight is 486 g/mol. The van der Waals surface area contributed by atoms with Crippen molar-refractivity contribution in [2.75, 3.05) is 51.8 Å². The Morgan fingerprint density at radius 1 is 1.11 bits per heavy atom. The molecule has 2 aliphatic rings. The van der Waals surface area contributed by atoms with Crippen molar-refractivity contribution in [1.82, 2.24) is 14.8 Å². The Balaban J connectivity index is 1.47. The van der Waals surface area contributed by atoms with Crippen LogP contribution in [0.5, 0.6) is 5.75 Å². The normalized spacial score (nSPS) is 18.8. The summed E-state index contributed by atoms with van der Waals surface area (Å²) in [7, 11) is 1.56. The van der Waals surface area contributed by atoms with Crippen LogP contribution in [0.1, 0.15) is 49.5 Å². The van der Waals surface area contributed by atoms with E-state index in [1.807, 2.05) is 4.90 Å². The highest BCUT2D eigenvalue weighted by Crippen LogP contribution is 2.33. The lowest BCUT2D eigenvalue weighted by molar-refractivity contribution is -0.135. The first-order chi connectivity index (χ1) is 16.9. The van der Waals surface area contributed by atoms with Crippen LogP contribution in [0.3, 0.4) is 0 Å². The molecule has 190 valence electrons. The van der Waals surface area contributed by atoms with Gasteiger partial charge in [-0.15, -0.1) is 0 Å². The van der Waals surface area contributed by atoms with E-state index in [0.717, 1.165) is 25.9 Å². The van der Waals surface area contributed by atoms with Gasteiger partial charge in [0.1, 0.15) is 17.0 Å². The number of primary amides is 1. The molecule has 0 atom stereocenters. The zero-order valence-electron chi connectivity index (χ0n) is 20.5. The van der Waals surface area contributed by atoms with Gasteiger partial charge in [0.2, 0.25) is 11.8 Å². The standard InChI is InChI=1S/C25H35N5O5/c1-3-35-23(32)22-21(18-15-17(34-2)7-8-19(18)27-22)28-20(31)16-29-13-9-25(10-14-29,24(26)33)30-11-5-4-6-12-30/h7-8,15,27H,3-6,9-14,16H2,1-2H3,(H2,26,33)(H,28,31). The average Bonchev–Trinajstić information content (AvgIpc) is 3.22. The first-order valence-corrected chi connectivity index (χ1v) is 12.3. The summed E-state index contributed by atoms with van der Waals surface area (Å²) in [5, 5.41) is 3.57. The summed E-state index contributed by atoms with van der Waals surface area (Å²) in [4.78, 5) is 45.4. The van der Waals surface area contributed by atoms with Crippen LogP contribution in [-0.2, 0) is 14.3 Å². The maximum absolute atomic E-state index is 13.1. The Morgan fingerprint density at radius 2 is 1.83 bits per heavy atom. The van der Waals surface area contributed by atoms with Gasteiger partial charge in [0.05, 0.1) is 25.9 Å². The smallest absolute Gasteiger partial charge is 0.356 e. The number of piperidine rings is 2. The fourth-order valence-corrected chi connectivity index (χ4v) is 5.29. The van der Waals surface area contributed by atoms with Gasteiger partial charge in [-0.25, -0.2) is 4.79 Å². The Hall–Kier alpha value is -3.11. The van der Waals surface area contributed by atoms with Crippen LogP contribution in [0.15, 0.2) is 18.2 Å². The minimum absolute atomic E-state index is 0.147. The number of carbonyl (C=O) groups excluding carboxylic acids is 3. The number of likely N-dealkylation sites (tertiary alicyclic amines) is 2. The number of aromatic nitrogens is 1. The number of hydrogen-bond acceptors (Lipinski definition) is 7. The highest BCUT2D eigenvalue weighted by atomic mass is 16.5. The fraction of sp³-hybridized carbons (Fsp3) is 0.560. The van der Waals surface area contributed by atoms with E-state index in [-0.39, 0.29) is 30.7 Å². The van der Waals surface area contributed by atoms with Crippen molar-refractivity contribution < 1.29 is 23.9 Å². The molecule has 10 nitrogen and oxygen atoms in total. The van der Waals surface area contributed by atoms with Crippen LogP contribution in [0, 0.1) is 0 Å². The number of H-pyrrole nitrogens is 1. The Labute approximate surface area is 205 Å². The molecule has 1 aromatic carbocycles. The summed E-state index contributed by atoms with van der Waals surface area (Å²) in [5.74, 6) is -0.443. The Bertz CT molecular complexity index is 1080. The van der Waals surface area contributed by atoms with Crippen LogP contribution in [-0.4, -0.2) is 84.5 Å². The van der Waals surface area contributed by atoms with Gasteiger partial charge in [-0.05, 0) is 63.9 Å². The first kappa shape index (κ1) is 25.0. The molecule has 0 bridgehead atoms. The third kappa shape index (κ3) is 5.13. The Morgan fingerprint density at radius 3 is 2.46 bits per heavy atom.